The van der Waals surface area contributed by atoms with Crippen molar-refractivity contribution in [1.29, 1.82) is 0 Å². The second kappa shape index (κ2) is 8.06. The number of nitrogens with zero attached hydrogens (tertiary/aromatic N) is 6. The van der Waals surface area contributed by atoms with E-state index >= 15 is 0 Å². The summed E-state index contributed by atoms with van der Waals surface area (Å²) >= 11 is 0. The lowest BCUT2D eigenvalue weighted by Crippen LogP contribution is -2.04. The summed E-state index contributed by atoms with van der Waals surface area (Å²) in [4.78, 5) is 20.8. The molecule has 0 radical (unpaired) electrons. The average molecular weight is 466 g/mol. The van der Waals surface area contributed by atoms with Crippen molar-refractivity contribution >= 4 is 17.2 Å². The van der Waals surface area contributed by atoms with Crippen molar-refractivity contribution in [3.05, 3.63) is 83.8 Å². The van der Waals surface area contributed by atoms with Gasteiger partial charge in [-0.15, -0.1) is 0 Å². The van der Waals surface area contributed by atoms with E-state index in [2.05, 4.69) is 24.9 Å². The number of hydrogen-bond donors (Lipinski definition) is 2. The molecule has 0 saturated heterocycles. The summed E-state index contributed by atoms with van der Waals surface area (Å²) in [5.74, 6) is -3.77. The number of benzene rings is 1. The molecule has 0 spiro atoms. The molecule has 12 heteroatoms. The third kappa shape index (κ3) is 3.54. The molecule has 4 aromatic heterocycles. The zero-order valence-corrected chi connectivity index (χ0v) is 17.2. The fraction of sp³-hybridized carbons (Fsp3) is 0.0455. The smallest absolute Gasteiger partial charge is 0.182 e. The normalized spacial score (nSPS) is 11.3. The predicted molar refractivity (Wildman–Crippen MR) is 115 cm³/mol. The number of rotatable bonds is 4. The van der Waals surface area contributed by atoms with Gasteiger partial charge in [0.2, 0.25) is 0 Å². The van der Waals surface area contributed by atoms with Crippen LogP contribution < -0.4 is 11.5 Å². The Kier molecular flexibility index (Phi) is 5.04. The Hall–Kier alpha value is -4.61. The minimum atomic E-state index is -1.35. The molecule has 0 unspecified atom stereocenters. The number of nitrogens with two attached hydrogens (primary N) is 2. The average Bonchev–Trinajstić information content (AvgIpc) is 3.17. The Balaban J connectivity index is 1.64. The fourth-order valence-corrected chi connectivity index (χ4v) is 3.56. The Morgan fingerprint density at radius 1 is 0.824 bits per heavy atom. The Labute approximate surface area is 189 Å². The Morgan fingerprint density at radius 2 is 1.59 bits per heavy atom. The summed E-state index contributed by atoms with van der Waals surface area (Å²) in [6, 6.07) is 4.10. The highest BCUT2D eigenvalue weighted by Crippen LogP contribution is 2.30. The van der Waals surface area contributed by atoms with E-state index < -0.39 is 35.3 Å². The summed E-state index contributed by atoms with van der Waals surface area (Å²) in [6.45, 7) is 0. The summed E-state index contributed by atoms with van der Waals surface area (Å²) in [5.41, 5.74) is 12.8. The van der Waals surface area contributed by atoms with Gasteiger partial charge in [0.25, 0.3) is 0 Å². The number of hydrogen-bond acceptors (Lipinski definition) is 7. The second-order valence-electron chi connectivity index (χ2n) is 7.29. The first-order valence-electron chi connectivity index (χ1n) is 9.81. The van der Waals surface area contributed by atoms with Gasteiger partial charge in [-0.05, 0) is 24.3 Å². The van der Waals surface area contributed by atoms with Gasteiger partial charge >= 0.3 is 0 Å². The van der Waals surface area contributed by atoms with E-state index in [9.17, 15) is 17.6 Å². The van der Waals surface area contributed by atoms with Gasteiger partial charge in [0.1, 0.15) is 41.1 Å². The monoisotopic (exact) mass is 466 g/mol. The van der Waals surface area contributed by atoms with Crippen LogP contribution in [0, 0.1) is 23.3 Å². The van der Waals surface area contributed by atoms with Crippen molar-refractivity contribution in [2.24, 2.45) is 0 Å². The third-order valence-corrected chi connectivity index (χ3v) is 5.21. The number of fused-ring (bicyclic) bond motifs is 1. The molecule has 5 aromatic rings. The van der Waals surface area contributed by atoms with Gasteiger partial charge in [-0.2, -0.15) is 0 Å². The molecular formula is C22H14F4N8. The lowest BCUT2D eigenvalue weighted by molar-refractivity contribution is 0.481. The van der Waals surface area contributed by atoms with Gasteiger partial charge < -0.3 is 11.5 Å². The summed E-state index contributed by atoms with van der Waals surface area (Å²) in [6.07, 6.45) is 4.80. The number of nitrogen functional groups attached to an aromatic ring is 2. The van der Waals surface area contributed by atoms with E-state index in [0.29, 0.717) is 22.7 Å². The molecule has 5 rings (SSSR count). The van der Waals surface area contributed by atoms with Gasteiger partial charge in [-0.3, -0.25) is 4.40 Å². The van der Waals surface area contributed by atoms with E-state index in [1.165, 1.54) is 35.3 Å². The van der Waals surface area contributed by atoms with Gasteiger partial charge in [0.05, 0.1) is 5.52 Å². The van der Waals surface area contributed by atoms with E-state index in [1.54, 1.807) is 0 Å². The van der Waals surface area contributed by atoms with E-state index in [-0.39, 0.29) is 29.0 Å². The third-order valence-electron chi connectivity index (χ3n) is 5.21. The van der Waals surface area contributed by atoms with Gasteiger partial charge in [-0.25, -0.2) is 42.5 Å². The number of halogens is 4. The highest BCUT2D eigenvalue weighted by atomic mass is 19.2. The number of pyridine rings is 1. The van der Waals surface area contributed by atoms with Crippen LogP contribution in [0.5, 0.6) is 0 Å². The quantitative estimate of drug-likeness (QED) is 0.307. The molecule has 0 aliphatic heterocycles. The molecule has 170 valence electrons. The van der Waals surface area contributed by atoms with Gasteiger partial charge in [0, 0.05) is 41.7 Å². The maximum atomic E-state index is 14.3. The molecule has 0 atom stereocenters. The topological polar surface area (TPSA) is 121 Å². The number of imidazole rings is 1. The van der Waals surface area contributed by atoms with Crippen molar-refractivity contribution < 1.29 is 17.6 Å². The van der Waals surface area contributed by atoms with Gasteiger partial charge in [0.15, 0.2) is 17.5 Å². The SMILES string of the molecule is Nc1ncncc1-c1cnc(-c2nc(Cc3c(F)ccc(F)c3F)n3cc(F)ccc23)nc1N. The van der Waals surface area contributed by atoms with Crippen LogP contribution in [0.1, 0.15) is 11.4 Å². The Morgan fingerprint density at radius 3 is 2.35 bits per heavy atom. The van der Waals surface area contributed by atoms with E-state index in [4.69, 9.17) is 11.5 Å². The van der Waals surface area contributed by atoms with Crippen LogP contribution in [0.2, 0.25) is 0 Å². The first-order chi connectivity index (χ1) is 16.3. The first-order valence-corrected chi connectivity index (χ1v) is 9.81. The minimum absolute atomic E-state index is 0.0415. The Bertz CT molecular complexity index is 1570. The second-order valence-corrected chi connectivity index (χ2v) is 7.29. The number of aromatic nitrogens is 6. The zero-order chi connectivity index (χ0) is 24.0. The molecule has 0 aliphatic carbocycles. The molecule has 0 amide bonds. The molecule has 1 aromatic carbocycles. The van der Waals surface area contributed by atoms with Crippen molar-refractivity contribution in [3.63, 3.8) is 0 Å². The van der Waals surface area contributed by atoms with Crippen molar-refractivity contribution in [3.8, 4) is 22.6 Å². The van der Waals surface area contributed by atoms with Crippen molar-refractivity contribution in [2.45, 2.75) is 6.42 Å². The zero-order valence-electron chi connectivity index (χ0n) is 17.2. The number of anilines is 2. The van der Waals surface area contributed by atoms with E-state index in [0.717, 1.165) is 12.3 Å². The summed E-state index contributed by atoms with van der Waals surface area (Å²) in [7, 11) is 0. The van der Waals surface area contributed by atoms with Crippen LogP contribution in [0.15, 0.2) is 49.2 Å². The van der Waals surface area contributed by atoms with Gasteiger partial charge in [-0.1, -0.05) is 0 Å². The fourth-order valence-electron chi connectivity index (χ4n) is 3.56. The maximum absolute atomic E-state index is 14.3. The van der Waals surface area contributed by atoms with E-state index in [1.807, 2.05) is 0 Å². The van der Waals surface area contributed by atoms with Crippen molar-refractivity contribution in [2.75, 3.05) is 11.5 Å². The molecule has 34 heavy (non-hydrogen) atoms. The molecule has 4 N–H and O–H groups in total. The summed E-state index contributed by atoms with van der Waals surface area (Å²) in [5, 5.41) is 0. The summed E-state index contributed by atoms with van der Waals surface area (Å²) < 4.78 is 57.5. The molecular weight excluding hydrogens is 452 g/mol. The standard InChI is InChI=1S/C22H14F4N8/c23-10-1-4-16-19(22-30-7-13(21(28)33-22)12-6-29-9-31-20(12)27)32-17(34(16)8-10)5-11-14(24)2-3-15(25)18(11)26/h1-4,6-9H,5H2,(H2,27,29,31)(H2,28,30,33). The molecule has 0 bridgehead atoms. The highest BCUT2D eigenvalue weighted by molar-refractivity contribution is 5.81. The molecule has 4 heterocycles. The molecule has 0 aliphatic rings. The van der Waals surface area contributed by atoms with Crippen LogP contribution in [0.3, 0.4) is 0 Å². The minimum Gasteiger partial charge on any atom is -0.383 e. The molecule has 8 nitrogen and oxygen atoms in total. The lowest BCUT2D eigenvalue weighted by Gasteiger charge is -2.07. The lowest BCUT2D eigenvalue weighted by atomic mass is 10.1. The largest absolute Gasteiger partial charge is 0.383 e. The van der Waals surface area contributed by atoms with Crippen molar-refractivity contribution in [1.82, 2.24) is 29.3 Å². The van der Waals surface area contributed by atoms with Crippen LogP contribution in [0.25, 0.3) is 28.2 Å². The maximum Gasteiger partial charge on any atom is 0.182 e. The van der Waals surface area contributed by atoms with Crippen LogP contribution >= 0.6 is 0 Å². The van der Waals surface area contributed by atoms with Crippen LogP contribution in [-0.2, 0) is 6.42 Å². The first kappa shape index (κ1) is 21.2. The van der Waals surface area contributed by atoms with Crippen LogP contribution in [-0.4, -0.2) is 29.3 Å². The van der Waals surface area contributed by atoms with Crippen LogP contribution in [0.4, 0.5) is 29.2 Å². The molecule has 0 fully saturated rings. The highest BCUT2D eigenvalue weighted by Gasteiger charge is 2.21. The molecule has 0 saturated carbocycles. The predicted octanol–water partition coefficient (Wildman–Crippen LogP) is 3.56.